The van der Waals surface area contributed by atoms with E-state index in [0.717, 1.165) is 0 Å². The Morgan fingerprint density at radius 1 is 0.333 bits per heavy atom. The Morgan fingerprint density at radius 2 is 0.333 bits per heavy atom. The van der Waals surface area contributed by atoms with Crippen LogP contribution in [0.4, 0.5) is 4.70 Å². The average Bonchev–Trinajstić information content (AvgIpc) is 1.76. The summed E-state index contributed by atoms with van der Waals surface area (Å²) in [5.74, 6) is 0. The second kappa shape index (κ2) is 30.3. The van der Waals surface area contributed by atoms with E-state index in [1.165, 1.54) is 0 Å². The number of halogens is 1. The standard InChI is InChI=1S/4C3H9N.FH.H3P/c4*1-4(2)3;;/h4*1-3H3;1H;1H3. The van der Waals surface area contributed by atoms with Crippen LogP contribution < -0.4 is 0 Å². The number of rotatable bonds is 0. The first-order valence-electron chi connectivity index (χ1n) is 5.37. The molecule has 1 atom stereocenters. The van der Waals surface area contributed by atoms with E-state index in [0.29, 0.717) is 0 Å². The van der Waals surface area contributed by atoms with Gasteiger partial charge in [-0.25, -0.2) is 0 Å². The Labute approximate surface area is 119 Å². The molecule has 120 valence electrons. The molecule has 0 saturated carbocycles. The molecule has 0 spiro atoms. The third kappa shape index (κ3) is 93600. The van der Waals surface area contributed by atoms with Gasteiger partial charge in [-0.15, -0.1) is 0 Å². The van der Waals surface area contributed by atoms with Crippen LogP contribution in [0.2, 0.25) is 0 Å². The van der Waals surface area contributed by atoms with Gasteiger partial charge in [0.05, 0.1) is 0 Å². The molecule has 4 nitrogen and oxygen atoms in total. The van der Waals surface area contributed by atoms with Crippen LogP contribution in [-0.4, -0.2) is 104 Å². The molecule has 1 unspecified atom stereocenters. The monoisotopic (exact) mass is 290 g/mol. The van der Waals surface area contributed by atoms with Crippen molar-refractivity contribution in [3.05, 3.63) is 0 Å². The molecule has 0 aromatic carbocycles. The Bertz CT molecular complexity index is 67.1. The van der Waals surface area contributed by atoms with E-state index >= 15 is 0 Å². The molecule has 0 aliphatic carbocycles. The summed E-state index contributed by atoms with van der Waals surface area (Å²) in [6.45, 7) is 0. The largest absolute Gasteiger partial charge is 0.312 e. The molecule has 0 radical (unpaired) electrons. The highest BCUT2D eigenvalue weighted by molar-refractivity contribution is 6.92. The SMILES string of the molecule is CN(C)C.CN(C)C.CN(C)C.CN(C)C.F.P. The van der Waals surface area contributed by atoms with Crippen molar-refractivity contribution in [1.82, 2.24) is 19.6 Å². The summed E-state index contributed by atoms with van der Waals surface area (Å²) >= 11 is 0. The maximum Gasteiger partial charge on any atom is -0.0140 e. The smallest absolute Gasteiger partial charge is 0.0140 e. The summed E-state index contributed by atoms with van der Waals surface area (Å²) in [7, 11) is 24.0. The second-order valence-corrected chi connectivity index (χ2v) is 5.37. The van der Waals surface area contributed by atoms with E-state index in [1.807, 2.05) is 104 Å². The van der Waals surface area contributed by atoms with Crippen LogP contribution in [0, 0.1) is 0 Å². The zero-order valence-electron chi connectivity index (χ0n) is 14.9. The average molecular weight is 290 g/mol. The van der Waals surface area contributed by atoms with Gasteiger partial charge in [0.15, 0.2) is 0 Å². The highest BCUT2D eigenvalue weighted by Crippen LogP contribution is 1.48. The van der Waals surface area contributed by atoms with Crippen LogP contribution in [0.25, 0.3) is 0 Å². The van der Waals surface area contributed by atoms with Gasteiger partial charge in [0.25, 0.3) is 0 Å². The van der Waals surface area contributed by atoms with Gasteiger partial charge in [-0.1, -0.05) is 0 Å². The molecule has 0 N–H and O–H groups in total. The first-order chi connectivity index (χ1) is 6.93. The number of hydrogen-bond donors (Lipinski definition) is 0. The van der Waals surface area contributed by atoms with Crippen molar-refractivity contribution in [2.45, 2.75) is 0 Å². The number of hydrogen-bond acceptors (Lipinski definition) is 4. The first kappa shape index (κ1) is 36.2. The van der Waals surface area contributed by atoms with Crippen molar-refractivity contribution in [2.24, 2.45) is 0 Å². The van der Waals surface area contributed by atoms with Crippen LogP contribution >= 0.6 is 9.90 Å². The van der Waals surface area contributed by atoms with Gasteiger partial charge >= 0.3 is 0 Å². The van der Waals surface area contributed by atoms with E-state index in [2.05, 4.69) is 0 Å². The summed E-state index contributed by atoms with van der Waals surface area (Å²) in [6.07, 6.45) is 0. The Morgan fingerprint density at radius 3 is 0.333 bits per heavy atom. The fraction of sp³-hybridized carbons (Fsp3) is 1.00. The fourth-order valence-electron chi connectivity index (χ4n) is 0. The summed E-state index contributed by atoms with van der Waals surface area (Å²) in [5, 5.41) is 0. The first-order valence-corrected chi connectivity index (χ1v) is 5.37. The summed E-state index contributed by atoms with van der Waals surface area (Å²) in [4.78, 5) is 8.00. The van der Waals surface area contributed by atoms with Crippen molar-refractivity contribution < 1.29 is 4.70 Å². The summed E-state index contributed by atoms with van der Waals surface area (Å²) < 4.78 is 0. The third-order valence-electron chi connectivity index (χ3n) is 0. The minimum Gasteiger partial charge on any atom is -0.312 e. The number of nitrogens with zero attached hydrogens (tertiary/aromatic N) is 4. The maximum atomic E-state index is 2.00. The maximum absolute atomic E-state index is 2.00. The normalized spacial score (nSPS) is 8.00. The van der Waals surface area contributed by atoms with E-state index < -0.39 is 0 Å². The van der Waals surface area contributed by atoms with Gasteiger partial charge in [-0.3, -0.25) is 4.70 Å². The lowest BCUT2D eigenvalue weighted by Gasteiger charge is -1.90. The zero-order chi connectivity index (χ0) is 14.3. The quantitative estimate of drug-likeness (QED) is 0.615. The zero-order valence-corrected chi connectivity index (χ0v) is 16.3. The molecule has 0 heterocycles. The topological polar surface area (TPSA) is 13.0 Å². The summed E-state index contributed by atoms with van der Waals surface area (Å²) in [5.41, 5.74) is 0. The van der Waals surface area contributed by atoms with Crippen molar-refractivity contribution in [3.8, 4) is 0 Å². The molecule has 0 fully saturated rings. The highest BCUT2D eigenvalue weighted by Gasteiger charge is 1.59. The molecular formula is C12H40FN4P. The minimum atomic E-state index is 0. The highest BCUT2D eigenvalue weighted by atomic mass is 31.0. The molecule has 18 heavy (non-hydrogen) atoms. The lowest BCUT2D eigenvalue weighted by Crippen LogP contribution is -1.99. The van der Waals surface area contributed by atoms with Crippen LogP contribution in [0.1, 0.15) is 0 Å². The van der Waals surface area contributed by atoms with Gasteiger partial charge in [0.2, 0.25) is 0 Å². The third-order valence-corrected chi connectivity index (χ3v) is 0. The van der Waals surface area contributed by atoms with Crippen molar-refractivity contribution in [3.63, 3.8) is 0 Å². The van der Waals surface area contributed by atoms with Crippen LogP contribution in [-0.2, 0) is 0 Å². The van der Waals surface area contributed by atoms with Crippen LogP contribution in [0.3, 0.4) is 0 Å². The Hall–Kier alpha value is 0.200. The van der Waals surface area contributed by atoms with Gasteiger partial charge in [0, 0.05) is 0 Å². The van der Waals surface area contributed by atoms with Crippen LogP contribution in [0.15, 0.2) is 0 Å². The lowest BCUT2D eigenvalue weighted by molar-refractivity contribution is 0.505. The molecule has 0 saturated heterocycles. The van der Waals surface area contributed by atoms with Gasteiger partial charge in [-0.2, -0.15) is 9.90 Å². The van der Waals surface area contributed by atoms with Crippen molar-refractivity contribution in [1.29, 1.82) is 0 Å². The molecule has 0 bridgehead atoms. The van der Waals surface area contributed by atoms with Gasteiger partial charge in [-0.05, 0) is 84.6 Å². The van der Waals surface area contributed by atoms with E-state index in [-0.39, 0.29) is 14.6 Å². The minimum absolute atomic E-state index is 0. The molecule has 0 aromatic heterocycles. The molecule has 0 rings (SSSR count). The second-order valence-electron chi connectivity index (χ2n) is 5.37. The van der Waals surface area contributed by atoms with E-state index in [9.17, 15) is 0 Å². The Balaban J connectivity index is -0.0000000257. The van der Waals surface area contributed by atoms with E-state index in [1.54, 1.807) is 0 Å². The molecule has 0 aliphatic heterocycles. The fourth-order valence-corrected chi connectivity index (χ4v) is 0. The van der Waals surface area contributed by atoms with Crippen LogP contribution in [0.5, 0.6) is 0 Å². The Kier molecular flexibility index (Phi) is 61.0. The molecule has 6 heteroatoms. The predicted molar refractivity (Wildman–Crippen MR) is 92.1 cm³/mol. The van der Waals surface area contributed by atoms with Crippen molar-refractivity contribution >= 4 is 9.90 Å². The predicted octanol–water partition coefficient (Wildman–Crippen LogP) is 0.922. The van der Waals surface area contributed by atoms with Gasteiger partial charge < -0.3 is 19.6 Å². The molecule has 0 aromatic rings. The lowest BCUT2D eigenvalue weighted by atomic mass is 11.0. The summed E-state index contributed by atoms with van der Waals surface area (Å²) in [6, 6.07) is 0. The van der Waals surface area contributed by atoms with Gasteiger partial charge in [0.1, 0.15) is 0 Å². The molecular weight excluding hydrogens is 250 g/mol. The van der Waals surface area contributed by atoms with Crippen molar-refractivity contribution in [2.75, 3.05) is 84.6 Å². The van der Waals surface area contributed by atoms with E-state index in [4.69, 9.17) is 0 Å². The molecule has 0 aliphatic rings. The molecule has 0 amide bonds.